The zero-order chi connectivity index (χ0) is 8.27. The molecule has 3 heteroatoms. The van der Waals surface area contributed by atoms with Gasteiger partial charge in [-0.15, -0.1) is 0 Å². The van der Waals surface area contributed by atoms with Crippen molar-refractivity contribution in [3.05, 3.63) is 39.3 Å². The molecule has 0 spiro atoms. The summed E-state index contributed by atoms with van der Waals surface area (Å²) in [4.78, 5) is 0. The molecule has 0 atom stereocenters. The molecule has 0 aliphatic carbocycles. The summed E-state index contributed by atoms with van der Waals surface area (Å²) in [5.41, 5.74) is 1.29. The molecule has 0 aromatic heterocycles. The van der Waals surface area contributed by atoms with Crippen LogP contribution in [0.2, 0.25) is 0 Å². The van der Waals surface area contributed by atoms with Crippen LogP contribution in [0.5, 0.6) is 0 Å². The molecule has 1 aromatic carbocycles. The van der Waals surface area contributed by atoms with Crippen LogP contribution >= 0.6 is 31.9 Å². The zero-order valence-corrected chi connectivity index (χ0v) is 11.3. The van der Waals surface area contributed by atoms with Gasteiger partial charge in [0.15, 0.2) is 0 Å². The number of benzene rings is 1. The van der Waals surface area contributed by atoms with Crippen LogP contribution in [0.1, 0.15) is 5.56 Å². The molecule has 0 heterocycles. The van der Waals surface area contributed by atoms with E-state index in [1.807, 2.05) is 6.07 Å². The third-order valence-electron chi connectivity index (χ3n) is 1.49. The molecule has 1 rings (SSSR count). The number of hydrogen-bond acceptors (Lipinski definition) is 0. The topological polar surface area (TPSA) is 0 Å². The van der Waals surface area contributed by atoms with Crippen molar-refractivity contribution in [2.45, 2.75) is 0 Å². The average Bonchev–Trinajstić information content (AvgIpc) is 2.05. The van der Waals surface area contributed by atoms with E-state index in [0.29, 0.717) is 0 Å². The molecule has 0 saturated heterocycles. The van der Waals surface area contributed by atoms with Crippen molar-refractivity contribution in [1.29, 1.82) is 0 Å². The summed E-state index contributed by atoms with van der Waals surface area (Å²) in [6.07, 6.45) is 0. The second-order valence-corrected chi connectivity index (χ2v) is 5.90. The molecular formula is C8H8Br2Si. The quantitative estimate of drug-likeness (QED) is 0.698. The van der Waals surface area contributed by atoms with Crippen molar-refractivity contribution in [2.24, 2.45) is 0 Å². The van der Waals surface area contributed by atoms with Crippen LogP contribution in [0, 0.1) is 0 Å². The Hall–Kier alpha value is 0.137. The summed E-state index contributed by atoms with van der Waals surface area (Å²) in [5.74, 6) is 0. The van der Waals surface area contributed by atoms with E-state index in [1.54, 1.807) is 0 Å². The molecule has 0 nitrogen and oxygen atoms in total. The van der Waals surface area contributed by atoms with Crippen LogP contribution in [0.4, 0.5) is 0 Å². The summed E-state index contributed by atoms with van der Waals surface area (Å²) in [6.45, 7) is 0. The molecule has 0 bridgehead atoms. The van der Waals surface area contributed by atoms with Crippen molar-refractivity contribution < 1.29 is 0 Å². The standard InChI is InChI=1S/C8H8Br2Si/c9-8(10)7(11)6-4-2-1-3-5-6/h1-5H,11H3. The molecule has 0 unspecified atom stereocenters. The Bertz CT molecular complexity index is 263. The fourth-order valence-corrected chi connectivity index (χ4v) is 1.59. The fraction of sp³-hybridized carbons (Fsp3) is 0. The second kappa shape index (κ2) is 4.23. The van der Waals surface area contributed by atoms with Gasteiger partial charge >= 0.3 is 0 Å². The Morgan fingerprint density at radius 1 is 1.09 bits per heavy atom. The Morgan fingerprint density at radius 2 is 1.64 bits per heavy atom. The summed E-state index contributed by atoms with van der Waals surface area (Å²) >= 11 is 6.81. The van der Waals surface area contributed by atoms with Crippen molar-refractivity contribution >= 4 is 47.3 Å². The highest BCUT2D eigenvalue weighted by molar-refractivity contribution is 9.28. The van der Waals surface area contributed by atoms with Gasteiger partial charge in [-0.3, -0.25) is 0 Å². The highest BCUT2D eigenvalue weighted by Crippen LogP contribution is 2.24. The lowest BCUT2D eigenvalue weighted by atomic mass is 10.2. The van der Waals surface area contributed by atoms with E-state index < -0.39 is 0 Å². The first-order valence-corrected chi connectivity index (χ1v) is 5.87. The van der Waals surface area contributed by atoms with Gasteiger partial charge < -0.3 is 0 Å². The van der Waals surface area contributed by atoms with Gasteiger partial charge in [0.05, 0.1) is 3.39 Å². The molecule has 58 valence electrons. The van der Waals surface area contributed by atoms with Crippen LogP contribution < -0.4 is 0 Å². The Labute approximate surface area is 86.4 Å². The second-order valence-electron chi connectivity index (χ2n) is 2.25. The molecule has 0 saturated carbocycles. The maximum absolute atomic E-state index is 3.41. The summed E-state index contributed by atoms with van der Waals surface area (Å²) in [7, 11) is 1.05. The number of halogens is 2. The van der Waals surface area contributed by atoms with Gasteiger partial charge in [0.2, 0.25) is 0 Å². The van der Waals surface area contributed by atoms with E-state index in [2.05, 4.69) is 56.1 Å². The van der Waals surface area contributed by atoms with Gasteiger partial charge in [0.25, 0.3) is 0 Å². The zero-order valence-electron chi connectivity index (χ0n) is 6.14. The minimum absolute atomic E-state index is 1.05. The predicted octanol–water partition coefficient (Wildman–Crippen LogP) is 2.47. The minimum atomic E-state index is 1.05. The van der Waals surface area contributed by atoms with Crippen LogP contribution in [-0.4, -0.2) is 10.2 Å². The van der Waals surface area contributed by atoms with Gasteiger partial charge in [0, 0.05) is 10.2 Å². The molecule has 11 heavy (non-hydrogen) atoms. The van der Waals surface area contributed by atoms with Crippen LogP contribution in [-0.2, 0) is 0 Å². The largest absolute Gasteiger partial charge is 0.0622 e. The highest BCUT2D eigenvalue weighted by Gasteiger charge is 1.96. The summed E-state index contributed by atoms with van der Waals surface area (Å²) in [5, 5.41) is 1.35. The third kappa shape index (κ3) is 2.58. The smallest absolute Gasteiger partial charge is 0.0592 e. The Balaban J connectivity index is 3.04. The van der Waals surface area contributed by atoms with Crippen LogP contribution in [0.15, 0.2) is 33.7 Å². The lowest BCUT2D eigenvalue weighted by molar-refractivity contribution is 1.65. The van der Waals surface area contributed by atoms with Gasteiger partial charge in [0.1, 0.15) is 0 Å². The maximum Gasteiger partial charge on any atom is 0.0592 e. The lowest BCUT2D eigenvalue weighted by Crippen LogP contribution is -1.81. The highest BCUT2D eigenvalue weighted by atomic mass is 79.9. The SMILES string of the molecule is [SiH3]C(=C(Br)Br)c1ccccc1. The van der Waals surface area contributed by atoms with Gasteiger partial charge in [-0.25, -0.2) is 0 Å². The van der Waals surface area contributed by atoms with E-state index >= 15 is 0 Å². The number of rotatable bonds is 1. The van der Waals surface area contributed by atoms with Gasteiger partial charge in [-0.2, -0.15) is 0 Å². The normalized spacial score (nSPS) is 9.64. The van der Waals surface area contributed by atoms with Crippen molar-refractivity contribution in [2.75, 3.05) is 0 Å². The summed E-state index contributed by atoms with van der Waals surface area (Å²) < 4.78 is 1.07. The molecule has 0 aliphatic rings. The molecule has 1 aromatic rings. The molecule has 0 radical (unpaired) electrons. The Morgan fingerprint density at radius 3 is 2.09 bits per heavy atom. The van der Waals surface area contributed by atoms with E-state index in [9.17, 15) is 0 Å². The van der Waals surface area contributed by atoms with Crippen LogP contribution in [0.25, 0.3) is 5.20 Å². The van der Waals surface area contributed by atoms with E-state index in [4.69, 9.17) is 0 Å². The van der Waals surface area contributed by atoms with E-state index in [0.717, 1.165) is 13.6 Å². The first-order chi connectivity index (χ1) is 5.22. The predicted molar refractivity (Wildman–Crippen MR) is 61.2 cm³/mol. The molecule has 0 N–H and O–H groups in total. The average molecular weight is 292 g/mol. The van der Waals surface area contributed by atoms with Crippen LogP contribution in [0.3, 0.4) is 0 Å². The molecule has 0 fully saturated rings. The van der Waals surface area contributed by atoms with Gasteiger partial charge in [-0.05, 0) is 42.6 Å². The Kier molecular flexibility index (Phi) is 3.55. The first-order valence-electron chi connectivity index (χ1n) is 3.29. The first kappa shape index (κ1) is 9.23. The van der Waals surface area contributed by atoms with Gasteiger partial charge in [-0.1, -0.05) is 30.3 Å². The third-order valence-corrected chi connectivity index (χ3v) is 5.22. The minimum Gasteiger partial charge on any atom is -0.0622 e. The maximum atomic E-state index is 3.41. The number of hydrogen-bond donors (Lipinski definition) is 0. The molecule has 0 aliphatic heterocycles. The van der Waals surface area contributed by atoms with Crippen molar-refractivity contribution in [3.8, 4) is 0 Å². The molecule has 0 amide bonds. The van der Waals surface area contributed by atoms with E-state index in [1.165, 1.54) is 10.8 Å². The van der Waals surface area contributed by atoms with Crippen molar-refractivity contribution in [1.82, 2.24) is 0 Å². The summed E-state index contributed by atoms with van der Waals surface area (Å²) in [6, 6.07) is 10.4. The monoisotopic (exact) mass is 290 g/mol. The van der Waals surface area contributed by atoms with E-state index in [-0.39, 0.29) is 0 Å². The van der Waals surface area contributed by atoms with Crippen molar-refractivity contribution in [3.63, 3.8) is 0 Å². The lowest BCUT2D eigenvalue weighted by Gasteiger charge is -2.00. The molecular weight excluding hydrogens is 284 g/mol. The fourth-order valence-electron chi connectivity index (χ4n) is 0.797.